The zero-order valence-corrected chi connectivity index (χ0v) is 16.4. The molecule has 2 aromatic carbocycles. The lowest BCUT2D eigenvalue weighted by molar-refractivity contribution is -0.121. The Hall–Kier alpha value is -1.94. The molecule has 1 amide bonds. The molecule has 0 saturated heterocycles. The van der Waals surface area contributed by atoms with Crippen molar-refractivity contribution in [3.05, 3.63) is 59.2 Å². The maximum Gasteiger partial charge on any atom is 0.233 e. The second kappa shape index (κ2) is 8.95. The third-order valence-corrected chi connectivity index (χ3v) is 5.36. The number of carbonyl (C=O) groups excluding carboxylic acids is 1. The van der Waals surface area contributed by atoms with Crippen molar-refractivity contribution >= 4 is 17.7 Å². The Labute approximate surface area is 155 Å². The highest BCUT2D eigenvalue weighted by molar-refractivity contribution is 8.00. The number of thioether (sulfide) groups is 1. The maximum atomic E-state index is 12.6. The molecule has 0 fully saturated rings. The van der Waals surface area contributed by atoms with Crippen LogP contribution in [0.15, 0.2) is 47.4 Å². The number of rotatable bonds is 7. The molecule has 0 unspecified atom stereocenters. The molecule has 0 aliphatic rings. The number of hydrogen-bond donors (Lipinski definition) is 1. The van der Waals surface area contributed by atoms with Crippen LogP contribution in [0.3, 0.4) is 0 Å². The Morgan fingerprint density at radius 1 is 1.16 bits per heavy atom. The molecule has 1 N–H and O–H groups in total. The zero-order chi connectivity index (χ0) is 18.4. The highest BCUT2D eigenvalue weighted by Gasteiger charge is 2.19. The van der Waals surface area contributed by atoms with Gasteiger partial charge in [-0.15, -0.1) is 11.8 Å². The zero-order valence-electron chi connectivity index (χ0n) is 15.6. The molecule has 0 aliphatic carbocycles. The van der Waals surface area contributed by atoms with Gasteiger partial charge in [-0.05, 0) is 56.5 Å². The van der Waals surface area contributed by atoms with Gasteiger partial charge in [0.15, 0.2) is 0 Å². The second-order valence-corrected chi connectivity index (χ2v) is 7.69. The van der Waals surface area contributed by atoms with E-state index in [4.69, 9.17) is 4.74 Å². The molecular weight excluding hydrogens is 330 g/mol. The Kier molecular flexibility index (Phi) is 6.94. The van der Waals surface area contributed by atoms with Gasteiger partial charge >= 0.3 is 0 Å². The minimum Gasteiger partial charge on any atom is -0.496 e. The summed E-state index contributed by atoms with van der Waals surface area (Å²) in [6, 6.07) is 14.4. The van der Waals surface area contributed by atoms with Gasteiger partial charge in [-0.3, -0.25) is 4.79 Å². The normalized spacial score (nSPS) is 13.2. The topological polar surface area (TPSA) is 38.3 Å². The van der Waals surface area contributed by atoms with Crippen LogP contribution < -0.4 is 10.1 Å². The average Bonchev–Trinajstić information content (AvgIpc) is 2.61. The minimum atomic E-state index is -0.142. The van der Waals surface area contributed by atoms with Gasteiger partial charge in [-0.2, -0.15) is 0 Å². The lowest BCUT2D eigenvalue weighted by atomic mass is 10.0. The molecule has 0 bridgehead atoms. The quantitative estimate of drug-likeness (QED) is 0.704. The van der Waals surface area contributed by atoms with Crippen LogP contribution in [0, 0.1) is 13.8 Å². The van der Waals surface area contributed by atoms with Crippen molar-refractivity contribution in [2.24, 2.45) is 0 Å². The summed E-state index contributed by atoms with van der Waals surface area (Å²) in [5, 5.41) is 3.04. The molecular formula is C21H27NO2S. The molecule has 2 rings (SSSR count). The van der Waals surface area contributed by atoms with E-state index in [1.807, 2.05) is 26.0 Å². The van der Waals surface area contributed by atoms with E-state index in [2.05, 4.69) is 49.5 Å². The molecule has 3 nitrogen and oxygen atoms in total. The molecule has 0 spiro atoms. The first-order valence-corrected chi connectivity index (χ1v) is 9.50. The first-order valence-electron chi connectivity index (χ1n) is 8.62. The van der Waals surface area contributed by atoms with E-state index >= 15 is 0 Å². The Balaban J connectivity index is 2.03. The fourth-order valence-corrected chi connectivity index (χ4v) is 3.58. The largest absolute Gasteiger partial charge is 0.496 e. The predicted molar refractivity (Wildman–Crippen MR) is 105 cm³/mol. The van der Waals surface area contributed by atoms with Gasteiger partial charge in [0.2, 0.25) is 5.91 Å². The van der Waals surface area contributed by atoms with Gasteiger partial charge in [0.25, 0.3) is 0 Å². The van der Waals surface area contributed by atoms with E-state index in [-0.39, 0.29) is 17.2 Å². The third kappa shape index (κ3) is 5.27. The first-order chi connectivity index (χ1) is 11.9. The van der Waals surface area contributed by atoms with Crippen molar-refractivity contribution in [3.8, 4) is 5.75 Å². The van der Waals surface area contributed by atoms with E-state index in [0.717, 1.165) is 28.2 Å². The van der Waals surface area contributed by atoms with Gasteiger partial charge < -0.3 is 10.1 Å². The van der Waals surface area contributed by atoms with E-state index in [0.29, 0.717) is 0 Å². The van der Waals surface area contributed by atoms with Crippen LogP contribution in [0.2, 0.25) is 0 Å². The number of nitrogens with one attached hydrogen (secondary N) is 1. The number of hydrogen-bond acceptors (Lipinski definition) is 3. The van der Waals surface area contributed by atoms with Crippen LogP contribution in [0.25, 0.3) is 0 Å². The monoisotopic (exact) mass is 357 g/mol. The SMILES string of the molecule is CC[C@@H](NC(=O)[C@H](C)Sc1ccc(C)cc1)c1ccc(OC)c(C)c1. The summed E-state index contributed by atoms with van der Waals surface area (Å²) in [7, 11) is 1.67. The molecule has 4 heteroatoms. The van der Waals surface area contributed by atoms with Crippen molar-refractivity contribution in [2.45, 2.75) is 50.3 Å². The van der Waals surface area contributed by atoms with E-state index in [9.17, 15) is 4.79 Å². The summed E-state index contributed by atoms with van der Waals surface area (Å²) in [5.74, 6) is 0.930. The van der Waals surface area contributed by atoms with Crippen LogP contribution in [0.5, 0.6) is 5.75 Å². The number of aryl methyl sites for hydroxylation is 2. The standard InChI is InChI=1S/C21H27NO2S/c1-6-19(17-9-12-20(24-5)15(3)13-17)22-21(23)16(4)25-18-10-7-14(2)8-11-18/h7-13,16,19H,6H2,1-5H3,(H,22,23)/t16-,19+/m0/s1. The Morgan fingerprint density at radius 2 is 1.84 bits per heavy atom. The van der Waals surface area contributed by atoms with Gasteiger partial charge in [0, 0.05) is 4.90 Å². The fraction of sp³-hybridized carbons (Fsp3) is 0.381. The molecule has 2 aromatic rings. The molecule has 2 atom stereocenters. The lowest BCUT2D eigenvalue weighted by Crippen LogP contribution is -2.34. The van der Waals surface area contributed by atoms with Crippen LogP contribution in [0.1, 0.15) is 43.0 Å². The first kappa shape index (κ1) is 19.4. The van der Waals surface area contributed by atoms with Crippen LogP contribution >= 0.6 is 11.8 Å². The van der Waals surface area contributed by atoms with Gasteiger partial charge in [0.05, 0.1) is 18.4 Å². The molecule has 0 aliphatic heterocycles. The summed E-state index contributed by atoms with van der Waals surface area (Å²) < 4.78 is 5.32. The summed E-state index contributed by atoms with van der Waals surface area (Å²) in [4.78, 5) is 13.7. The molecule has 0 radical (unpaired) electrons. The smallest absolute Gasteiger partial charge is 0.233 e. The van der Waals surface area contributed by atoms with Crippen molar-refractivity contribution in [1.29, 1.82) is 0 Å². The number of carbonyl (C=O) groups is 1. The van der Waals surface area contributed by atoms with Gasteiger partial charge in [-0.25, -0.2) is 0 Å². The second-order valence-electron chi connectivity index (χ2n) is 6.27. The molecule has 0 saturated carbocycles. The van der Waals surface area contributed by atoms with Crippen LogP contribution in [0.4, 0.5) is 0 Å². The highest BCUT2D eigenvalue weighted by atomic mass is 32.2. The van der Waals surface area contributed by atoms with E-state index in [1.54, 1.807) is 18.9 Å². The average molecular weight is 358 g/mol. The number of ether oxygens (including phenoxy) is 1. The van der Waals surface area contributed by atoms with Crippen molar-refractivity contribution < 1.29 is 9.53 Å². The van der Waals surface area contributed by atoms with Crippen LogP contribution in [-0.4, -0.2) is 18.3 Å². The molecule has 134 valence electrons. The lowest BCUT2D eigenvalue weighted by Gasteiger charge is -2.21. The maximum absolute atomic E-state index is 12.6. The highest BCUT2D eigenvalue weighted by Crippen LogP contribution is 2.27. The van der Waals surface area contributed by atoms with Crippen molar-refractivity contribution in [3.63, 3.8) is 0 Å². The summed E-state index contributed by atoms with van der Waals surface area (Å²) in [6.07, 6.45) is 0.847. The van der Waals surface area contributed by atoms with Crippen LogP contribution in [-0.2, 0) is 4.79 Å². The molecule has 0 aromatic heterocycles. The Bertz CT molecular complexity index is 712. The molecule has 25 heavy (non-hydrogen) atoms. The van der Waals surface area contributed by atoms with Crippen molar-refractivity contribution in [2.75, 3.05) is 7.11 Å². The number of benzene rings is 2. The van der Waals surface area contributed by atoms with Crippen molar-refractivity contribution in [1.82, 2.24) is 5.32 Å². The predicted octanol–water partition coefficient (Wildman–Crippen LogP) is 5.06. The number of methoxy groups -OCH3 is 1. The van der Waals surface area contributed by atoms with E-state index in [1.165, 1.54) is 5.56 Å². The summed E-state index contributed by atoms with van der Waals surface area (Å²) >= 11 is 1.59. The fourth-order valence-electron chi connectivity index (χ4n) is 2.70. The Morgan fingerprint density at radius 3 is 2.40 bits per heavy atom. The van der Waals surface area contributed by atoms with Gasteiger partial charge in [-0.1, -0.05) is 36.8 Å². The van der Waals surface area contributed by atoms with Gasteiger partial charge in [0.1, 0.15) is 5.75 Å². The third-order valence-electron chi connectivity index (χ3n) is 4.25. The summed E-state index contributed by atoms with van der Waals surface area (Å²) in [5.41, 5.74) is 3.42. The molecule has 0 heterocycles. The van der Waals surface area contributed by atoms with E-state index < -0.39 is 0 Å². The number of amides is 1. The summed E-state index contributed by atoms with van der Waals surface area (Å²) in [6.45, 7) is 8.12. The minimum absolute atomic E-state index is 0.0122.